The number of hydrogen-bond acceptors (Lipinski definition) is 3. The first-order valence-electron chi connectivity index (χ1n) is 6.32. The highest BCUT2D eigenvalue weighted by atomic mass is 35.5. The lowest BCUT2D eigenvalue weighted by atomic mass is 10.2. The fourth-order valence-corrected chi connectivity index (χ4v) is 1.47. The van der Waals surface area contributed by atoms with Gasteiger partial charge in [-0.3, -0.25) is 4.79 Å². The number of ether oxygens (including phenoxy) is 1. The lowest BCUT2D eigenvalue weighted by Crippen LogP contribution is -2.28. The highest BCUT2D eigenvalue weighted by molar-refractivity contribution is 5.85. The van der Waals surface area contributed by atoms with E-state index in [1.807, 2.05) is 37.3 Å². The second-order valence-corrected chi connectivity index (χ2v) is 4.40. The van der Waals surface area contributed by atoms with Crippen LogP contribution in [-0.4, -0.2) is 25.1 Å². The van der Waals surface area contributed by atoms with Crippen molar-refractivity contribution in [2.75, 3.05) is 13.2 Å². The normalized spacial score (nSPS) is 11.5. The third-order valence-electron chi connectivity index (χ3n) is 2.51. The summed E-state index contributed by atoms with van der Waals surface area (Å²) in [4.78, 5) is 11.4. The summed E-state index contributed by atoms with van der Waals surface area (Å²) in [5.74, 6) is 0.0376. The van der Waals surface area contributed by atoms with Crippen molar-refractivity contribution in [3.8, 4) is 0 Å². The summed E-state index contributed by atoms with van der Waals surface area (Å²) in [5, 5.41) is 2.80. The molecule has 0 aliphatic heterocycles. The van der Waals surface area contributed by atoms with Gasteiger partial charge in [0.2, 0.25) is 5.91 Å². The first-order chi connectivity index (χ1) is 8.68. The number of rotatable bonds is 8. The summed E-state index contributed by atoms with van der Waals surface area (Å²) >= 11 is 0. The maximum Gasteiger partial charge on any atom is 0.220 e. The topological polar surface area (TPSA) is 64.4 Å². The molecule has 0 radical (unpaired) electrons. The van der Waals surface area contributed by atoms with Gasteiger partial charge in [0.25, 0.3) is 0 Å². The third-order valence-corrected chi connectivity index (χ3v) is 2.51. The fraction of sp³-hybridized carbons (Fsp3) is 0.500. The van der Waals surface area contributed by atoms with Crippen LogP contribution in [0.1, 0.15) is 25.3 Å². The number of halogens is 1. The van der Waals surface area contributed by atoms with Crippen molar-refractivity contribution in [1.82, 2.24) is 5.32 Å². The molecule has 19 heavy (non-hydrogen) atoms. The Balaban J connectivity index is 0.00000324. The lowest BCUT2D eigenvalue weighted by Gasteiger charge is -2.07. The Kier molecular flexibility index (Phi) is 10.2. The molecule has 5 heteroatoms. The van der Waals surface area contributed by atoms with E-state index in [9.17, 15) is 4.79 Å². The van der Waals surface area contributed by atoms with Gasteiger partial charge >= 0.3 is 0 Å². The van der Waals surface area contributed by atoms with Crippen molar-refractivity contribution in [2.45, 2.75) is 32.4 Å². The molecule has 0 saturated heterocycles. The zero-order chi connectivity index (χ0) is 13.2. The van der Waals surface area contributed by atoms with E-state index < -0.39 is 0 Å². The number of benzene rings is 1. The number of hydrogen-bond donors (Lipinski definition) is 2. The van der Waals surface area contributed by atoms with Crippen LogP contribution in [0.15, 0.2) is 30.3 Å². The molecular weight excluding hydrogens is 264 g/mol. The summed E-state index contributed by atoms with van der Waals surface area (Å²) in [5.41, 5.74) is 6.72. The summed E-state index contributed by atoms with van der Waals surface area (Å²) in [7, 11) is 0. The van der Waals surface area contributed by atoms with Crippen molar-refractivity contribution in [1.29, 1.82) is 0 Å². The standard InChI is InChI=1S/C14H22N2O2.ClH/c1-12(15)7-8-14(17)16-9-10-18-11-13-5-3-2-4-6-13;/h2-6,12H,7-11,15H2,1H3,(H,16,17);1H. The summed E-state index contributed by atoms with van der Waals surface area (Å²) < 4.78 is 5.46. The molecule has 0 aliphatic carbocycles. The van der Waals surface area contributed by atoms with E-state index in [-0.39, 0.29) is 24.4 Å². The first kappa shape index (κ1) is 17.9. The smallest absolute Gasteiger partial charge is 0.220 e. The van der Waals surface area contributed by atoms with Gasteiger partial charge in [0.1, 0.15) is 0 Å². The van der Waals surface area contributed by atoms with E-state index >= 15 is 0 Å². The molecule has 0 aromatic heterocycles. The lowest BCUT2D eigenvalue weighted by molar-refractivity contribution is -0.121. The Hall–Kier alpha value is -1.10. The van der Waals surface area contributed by atoms with E-state index in [2.05, 4.69) is 5.32 Å². The fourth-order valence-electron chi connectivity index (χ4n) is 1.47. The summed E-state index contributed by atoms with van der Waals surface area (Å²) in [6.45, 7) is 3.55. The van der Waals surface area contributed by atoms with Crippen molar-refractivity contribution < 1.29 is 9.53 Å². The number of nitrogens with one attached hydrogen (secondary N) is 1. The van der Waals surface area contributed by atoms with Crippen LogP contribution < -0.4 is 11.1 Å². The van der Waals surface area contributed by atoms with Crippen LogP contribution in [0.5, 0.6) is 0 Å². The molecule has 3 N–H and O–H groups in total. The highest BCUT2D eigenvalue weighted by Gasteiger charge is 2.02. The number of carbonyl (C=O) groups is 1. The SMILES string of the molecule is CC(N)CCC(=O)NCCOCc1ccccc1.Cl. The highest BCUT2D eigenvalue weighted by Crippen LogP contribution is 1.99. The predicted molar refractivity (Wildman–Crippen MR) is 79.2 cm³/mol. The zero-order valence-electron chi connectivity index (χ0n) is 11.3. The molecule has 0 spiro atoms. The second-order valence-electron chi connectivity index (χ2n) is 4.40. The van der Waals surface area contributed by atoms with E-state index in [1.54, 1.807) is 0 Å². The Labute approximate surface area is 121 Å². The molecule has 1 atom stereocenters. The summed E-state index contributed by atoms with van der Waals surface area (Å²) in [6, 6.07) is 10.0. The van der Waals surface area contributed by atoms with Crippen LogP contribution in [0.2, 0.25) is 0 Å². The first-order valence-corrected chi connectivity index (χ1v) is 6.32. The number of nitrogens with two attached hydrogens (primary N) is 1. The van der Waals surface area contributed by atoms with E-state index in [1.165, 1.54) is 0 Å². The quantitative estimate of drug-likeness (QED) is 0.717. The number of amides is 1. The molecular formula is C14H23ClN2O2. The van der Waals surface area contributed by atoms with E-state index in [0.29, 0.717) is 26.2 Å². The van der Waals surface area contributed by atoms with Gasteiger partial charge in [-0.15, -0.1) is 12.4 Å². The van der Waals surface area contributed by atoms with Gasteiger partial charge in [0, 0.05) is 19.0 Å². The molecule has 1 amide bonds. The van der Waals surface area contributed by atoms with Crippen LogP contribution >= 0.6 is 12.4 Å². The molecule has 0 aliphatic rings. The van der Waals surface area contributed by atoms with Crippen molar-refractivity contribution in [3.05, 3.63) is 35.9 Å². The average Bonchev–Trinajstić information content (AvgIpc) is 2.37. The summed E-state index contributed by atoms with van der Waals surface area (Å²) in [6.07, 6.45) is 1.20. The molecule has 1 unspecified atom stereocenters. The van der Waals surface area contributed by atoms with Gasteiger partial charge in [0.15, 0.2) is 0 Å². The van der Waals surface area contributed by atoms with Crippen LogP contribution in [-0.2, 0) is 16.1 Å². The maximum absolute atomic E-state index is 11.4. The van der Waals surface area contributed by atoms with E-state index in [0.717, 1.165) is 12.0 Å². The third kappa shape index (κ3) is 9.47. The second kappa shape index (κ2) is 10.8. The average molecular weight is 287 g/mol. The minimum absolute atomic E-state index is 0. The Morgan fingerprint density at radius 3 is 2.68 bits per heavy atom. The van der Waals surface area contributed by atoms with Crippen molar-refractivity contribution >= 4 is 18.3 Å². The van der Waals surface area contributed by atoms with Crippen molar-refractivity contribution in [2.24, 2.45) is 5.73 Å². The minimum Gasteiger partial charge on any atom is -0.375 e. The molecule has 0 heterocycles. The maximum atomic E-state index is 11.4. The van der Waals surface area contributed by atoms with Gasteiger partial charge in [0.05, 0.1) is 13.2 Å². The van der Waals surface area contributed by atoms with E-state index in [4.69, 9.17) is 10.5 Å². The molecule has 1 aromatic rings. The Morgan fingerprint density at radius 2 is 2.05 bits per heavy atom. The zero-order valence-corrected chi connectivity index (χ0v) is 12.1. The van der Waals surface area contributed by atoms with Gasteiger partial charge < -0.3 is 15.8 Å². The Bertz CT molecular complexity index is 345. The Morgan fingerprint density at radius 1 is 1.37 bits per heavy atom. The minimum atomic E-state index is 0. The molecule has 0 bridgehead atoms. The molecule has 0 saturated carbocycles. The molecule has 108 valence electrons. The van der Waals surface area contributed by atoms with Crippen LogP contribution in [0.3, 0.4) is 0 Å². The van der Waals surface area contributed by atoms with Gasteiger partial charge in [-0.1, -0.05) is 30.3 Å². The van der Waals surface area contributed by atoms with Crippen LogP contribution in [0.25, 0.3) is 0 Å². The van der Waals surface area contributed by atoms with Gasteiger partial charge in [-0.05, 0) is 18.9 Å². The molecule has 0 fully saturated rings. The molecule has 1 rings (SSSR count). The van der Waals surface area contributed by atoms with Gasteiger partial charge in [-0.25, -0.2) is 0 Å². The van der Waals surface area contributed by atoms with Crippen LogP contribution in [0.4, 0.5) is 0 Å². The van der Waals surface area contributed by atoms with Crippen LogP contribution in [0, 0.1) is 0 Å². The molecule has 1 aromatic carbocycles. The number of carbonyl (C=O) groups excluding carboxylic acids is 1. The van der Waals surface area contributed by atoms with Crippen molar-refractivity contribution in [3.63, 3.8) is 0 Å². The van der Waals surface area contributed by atoms with Gasteiger partial charge in [-0.2, -0.15) is 0 Å². The predicted octanol–water partition coefficient (Wildman–Crippen LogP) is 1.87. The monoisotopic (exact) mass is 286 g/mol. The largest absolute Gasteiger partial charge is 0.375 e. The molecule has 4 nitrogen and oxygen atoms in total.